The summed E-state index contributed by atoms with van der Waals surface area (Å²) in [6.07, 6.45) is 4.33. The molecule has 0 N–H and O–H groups in total. The van der Waals surface area contributed by atoms with Crippen molar-refractivity contribution < 1.29 is 13.6 Å². The molecule has 0 atom stereocenters. The van der Waals surface area contributed by atoms with Gasteiger partial charge in [0.25, 0.3) is 0 Å². The van der Waals surface area contributed by atoms with Crippen molar-refractivity contribution in [3.63, 3.8) is 0 Å². The van der Waals surface area contributed by atoms with Crippen molar-refractivity contribution >= 4 is 27.8 Å². The molecular weight excluding hydrogens is 382 g/mol. The summed E-state index contributed by atoms with van der Waals surface area (Å²) in [5.74, 6) is 1.55. The Kier molecular flexibility index (Phi) is 5.11. The number of aromatic nitrogens is 1. The Hall–Kier alpha value is -3.32. The lowest BCUT2D eigenvalue weighted by Gasteiger charge is -2.35. The molecule has 7 nitrogen and oxygen atoms in total. The number of piperazine rings is 1. The van der Waals surface area contributed by atoms with Gasteiger partial charge in [-0.05, 0) is 36.8 Å². The van der Waals surface area contributed by atoms with Crippen LogP contribution in [0.3, 0.4) is 0 Å². The van der Waals surface area contributed by atoms with Crippen LogP contribution in [0, 0.1) is 0 Å². The normalized spacial score (nSPS) is 15.1. The van der Waals surface area contributed by atoms with E-state index in [1.54, 1.807) is 12.3 Å². The van der Waals surface area contributed by atoms with E-state index in [1.807, 2.05) is 30.5 Å². The number of ether oxygens (including phenoxy) is 1. The molecule has 3 aromatic heterocycles. The van der Waals surface area contributed by atoms with Crippen molar-refractivity contribution in [1.82, 2.24) is 9.88 Å². The molecule has 1 aliphatic rings. The first-order valence-corrected chi connectivity index (χ1v) is 10.2. The van der Waals surface area contributed by atoms with Gasteiger partial charge in [-0.25, -0.2) is 9.78 Å². The third kappa shape index (κ3) is 3.76. The highest BCUT2D eigenvalue weighted by atomic mass is 16.5. The highest BCUT2D eigenvalue weighted by Gasteiger charge is 2.18. The molecule has 1 fully saturated rings. The fourth-order valence-corrected chi connectivity index (χ4v) is 3.94. The first-order valence-electron chi connectivity index (χ1n) is 10.2. The Bertz CT molecular complexity index is 1190. The molecule has 30 heavy (non-hydrogen) atoms. The van der Waals surface area contributed by atoms with Gasteiger partial charge in [0.15, 0.2) is 11.2 Å². The molecule has 154 valence electrons. The second-order valence-corrected chi connectivity index (χ2v) is 7.44. The third-order valence-electron chi connectivity index (χ3n) is 5.49. The Balaban J connectivity index is 1.19. The van der Waals surface area contributed by atoms with E-state index in [4.69, 9.17) is 13.6 Å². The molecule has 0 bridgehead atoms. The van der Waals surface area contributed by atoms with Crippen molar-refractivity contribution in [2.75, 3.05) is 44.2 Å². The van der Waals surface area contributed by atoms with Gasteiger partial charge in [-0.3, -0.25) is 4.90 Å². The molecule has 0 amide bonds. The fourth-order valence-electron chi connectivity index (χ4n) is 3.94. The van der Waals surface area contributed by atoms with Gasteiger partial charge < -0.3 is 18.5 Å². The molecular formula is C23H23N3O4. The van der Waals surface area contributed by atoms with Crippen LogP contribution in [0.25, 0.3) is 21.9 Å². The van der Waals surface area contributed by atoms with E-state index in [2.05, 4.69) is 20.9 Å². The Morgan fingerprint density at radius 3 is 2.70 bits per heavy atom. The molecule has 1 saturated heterocycles. The van der Waals surface area contributed by atoms with E-state index in [0.29, 0.717) is 23.5 Å². The van der Waals surface area contributed by atoms with Gasteiger partial charge in [0.1, 0.15) is 5.82 Å². The Morgan fingerprint density at radius 1 is 1.00 bits per heavy atom. The molecule has 0 unspecified atom stereocenters. The number of furan rings is 1. The highest BCUT2D eigenvalue weighted by Crippen LogP contribution is 2.35. The van der Waals surface area contributed by atoms with Crippen LogP contribution < -0.4 is 15.3 Å². The van der Waals surface area contributed by atoms with Gasteiger partial charge in [0.05, 0.1) is 12.9 Å². The minimum Gasteiger partial charge on any atom is -0.486 e. The minimum atomic E-state index is -0.399. The van der Waals surface area contributed by atoms with Crippen LogP contribution in [-0.2, 0) is 0 Å². The van der Waals surface area contributed by atoms with Gasteiger partial charge in [-0.1, -0.05) is 6.07 Å². The maximum atomic E-state index is 11.7. The van der Waals surface area contributed by atoms with E-state index in [1.165, 1.54) is 6.07 Å². The number of hydrogen-bond acceptors (Lipinski definition) is 7. The summed E-state index contributed by atoms with van der Waals surface area (Å²) in [4.78, 5) is 20.9. The van der Waals surface area contributed by atoms with E-state index in [-0.39, 0.29) is 0 Å². The average Bonchev–Trinajstić information content (AvgIpc) is 3.25. The molecule has 0 spiro atoms. The van der Waals surface area contributed by atoms with Crippen LogP contribution in [-0.4, -0.2) is 49.2 Å². The zero-order chi connectivity index (χ0) is 20.3. The number of benzene rings is 1. The first-order chi connectivity index (χ1) is 14.8. The maximum Gasteiger partial charge on any atom is 0.336 e. The molecule has 7 heteroatoms. The van der Waals surface area contributed by atoms with Gasteiger partial charge in [-0.15, -0.1) is 0 Å². The number of hydrogen-bond donors (Lipinski definition) is 0. The van der Waals surface area contributed by atoms with Crippen LogP contribution >= 0.6 is 0 Å². The van der Waals surface area contributed by atoms with Crippen LogP contribution in [0.15, 0.2) is 68.6 Å². The summed E-state index contributed by atoms with van der Waals surface area (Å²) in [5, 5.41) is 1.75. The van der Waals surface area contributed by atoms with Crippen molar-refractivity contribution in [3.8, 4) is 5.75 Å². The van der Waals surface area contributed by atoms with E-state index in [0.717, 1.165) is 55.7 Å². The van der Waals surface area contributed by atoms with E-state index >= 15 is 0 Å². The van der Waals surface area contributed by atoms with Crippen LogP contribution in [0.2, 0.25) is 0 Å². The summed E-state index contributed by atoms with van der Waals surface area (Å²) in [6, 6.07) is 13.0. The quantitative estimate of drug-likeness (QED) is 0.359. The van der Waals surface area contributed by atoms with Gasteiger partial charge in [0, 0.05) is 55.8 Å². The van der Waals surface area contributed by atoms with Crippen LogP contribution in [0.5, 0.6) is 5.75 Å². The number of rotatable bonds is 6. The van der Waals surface area contributed by atoms with E-state index in [9.17, 15) is 4.79 Å². The minimum absolute atomic E-state index is 0.399. The number of anilines is 1. The van der Waals surface area contributed by atoms with Crippen molar-refractivity contribution in [1.29, 1.82) is 0 Å². The molecule has 1 aromatic carbocycles. The summed E-state index contributed by atoms with van der Waals surface area (Å²) >= 11 is 0. The lowest BCUT2D eigenvalue weighted by molar-refractivity contribution is 0.224. The number of pyridine rings is 1. The monoisotopic (exact) mass is 405 g/mol. The zero-order valence-corrected chi connectivity index (χ0v) is 16.6. The number of fused-ring (bicyclic) bond motifs is 2. The first kappa shape index (κ1) is 18.7. The Labute approximate surface area is 173 Å². The highest BCUT2D eigenvalue weighted by molar-refractivity contribution is 5.99. The van der Waals surface area contributed by atoms with Gasteiger partial charge in [-0.2, -0.15) is 0 Å². The lowest BCUT2D eigenvalue weighted by atomic mass is 10.1. The summed E-state index contributed by atoms with van der Waals surface area (Å²) in [7, 11) is 0. The molecule has 1 aliphatic heterocycles. The second kappa shape index (κ2) is 8.20. The van der Waals surface area contributed by atoms with Crippen LogP contribution in [0.4, 0.5) is 5.82 Å². The predicted molar refractivity (Wildman–Crippen MR) is 115 cm³/mol. The molecule has 0 saturated carbocycles. The van der Waals surface area contributed by atoms with Crippen LogP contribution in [0.1, 0.15) is 6.42 Å². The standard InChI is InChI=1S/C23H23N3O4/c27-20-6-5-17-16-18-7-15-29-21(18)23(22(17)30-20)28-14-3-9-25-10-12-26(13-11-25)19-4-1-2-8-24-19/h1-2,4-8,15-16H,3,9-14H2. The molecule has 0 radical (unpaired) electrons. The maximum absolute atomic E-state index is 11.7. The SMILES string of the molecule is O=c1ccc2cc3ccoc3c(OCCCN3CCN(c4ccccn4)CC3)c2o1. The zero-order valence-electron chi connectivity index (χ0n) is 16.6. The average molecular weight is 405 g/mol. The molecule has 4 heterocycles. The van der Waals surface area contributed by atoms with Crippen molar-refractivity contribution in [2.45, 2.75) is 6.42 Å². The fraction of sp³-hybridized carbons (Fsp3) is 0.304. The summed E-state index contributed by atoms with van der Waals surface area (Å²) in [5.41, 5.74) is 0.652. The topological polar surface area (TPSA) is 72.0 Å². The molecule has 4 aromatic rings. The third-order valence-corrected chi connectivity index (χ3v) is 5.49. The summed E-state index contributed by atoms with van der Waals surface area (Å²) < 4.78 is 17.1. The van der Waals surface area contributed by atoms with Crippen molar-refractivity contribution in [2.24, 2.45) is 0 Å². The number of nitrogens with zero attached hydrogens (tertiary/aromatic N) is 3. The largest absolute Gasteiger partial charge is 0.486 e. The molecule has 5 rings (SSSR count). The van der Waals surface area contributed by atoms with Gasteiger partial charge >= 0.3 is 5.63 Å². The molecule has 0 aliphatic carbocycles. The summed E-state index contributed by atoms with van der Waals surface area (Å²) in [6.45, 7) is 5.42. The lowest BCUT2D eigenvalue weighted by Crippen LogP contribution is -2.47. The van der Waals surface area contributed by atoms with Crippen molar-refractivity contribution in [3.05, 3.63) is 65.3 Å². The smallest absolute Gasteiger partial charge is 0.336 e. The van der Waals surface area contributed by atoms with E-state index < -0.39 is 5.63 Å². The second-order valence-electron chi connectivity index (χ2n) is 7.44. The van der Waals surface area contributed by atoms with Gasteiger partial charge in [0.2, 0.25) is 5.75 Å². The Morgan fingerprint density at radius 2 is 1.87 bits per heavy atom. The predicted octanol–water partition coefficient (Wildman–Crippen LogP) is 3.53.